The zero-order valence-electron chi connectivity index (χ0n) is 9.97. The van der Waals surface area contributed by atoms with Gasteiger partial charge in [0.2, 0.25) is 5.82 Å². The van der Waals surface area contributed by atoms with Gasteiger partial charge in [-0.2, -0.15) is 4.39 Å². The van der Waals surface area contributed by atoms with Crippen LogP contribution < -0.4 is 5.32 Å². The van der Waals surface area contributed by atoms with Gasteiger partial charge in [0.15, 0.2) is 0 Å². The zero-order valence-corrected chi connectivity index (χ0v) is 9.97. The lowest BCUT2D eigenvalue weighted by atomic mass is 10.1. The average Bonchev–Trinajstić information content (AvgIpc) is 2.41. The molecule has 5 nitrogen and oxygen atoms in total. The monoisotopic (exact) mass is 278 g/mol. The molecule has 0 aliphatic heterocycles. The van der Waals surface area contributed by atoms with Crippen molar-refractivity contribution in [2.45, 2.75) is 0 Å². The Balaban J connectivity index is 2.23. The topological polar surface area (TPSA) is 72.2 Å². The van der Waals surface area contributed by atoms with Crippen LogP contribution in [-0.4, -0.2) is 10.8 Å². The third kappa shape index (κ3) is 2.94. The molecule has 2 rings (SSSR count). The number of nitrogens with zero attached hydrogens (tertiary/aromatic N) is 1. The summed E-state index contributed by atoms with van der Waals surface area (Å²) in [5, 5.41) is 13.0. The first kappa shape index (κ1) is 13.6. The average molecular weight is 278 g/mol. The lowest BCUT2D eigenvalue weighted by molar-refractivity contribution is -0.387. The summed E-state index contributed by atoms with van der Waals surface area (Å²) < 4.78 is 25.8. The molecule has 2 aromatic rings. The van der Waals surface area contributed by atoms with E-state index < -0.39 is 28.2 Å². The number of anilines is 1. The summed E-state index contributed by atoms with van der Waals surface area (Å²) >= 11 is 0. The normalized spacial score (nSPS) is 10.1. The minimum Gasteiger partial charge on any atom is -0.322 e. The Hall–Kier alpha value is -2.83. The van der Waals surface area contributed by atoms with E-state index in [-0.39, 0.29) is 5.56 Å². The van der Waals surface area contributed by atoms with Gasteiger partial charge in [-0.1, -0.05) is 0 Å². The first-order valence-corrected chi connectivity index (χ1v) is 5.48. The Bertz CT molecular complexity index is 672. The van der Waals surface area contributed by atoms with Crippen molar-refractivity contribution in [2.24, 2.45) is 0 Å². The highest BCUT2D eigenvalue weighted by Crippen LogP contribution is 2.19. The molecule has 1 amide bonds. The molecule has 0 radical (unpaired) electrons. The van der Waals surface area contributed by atoms with Crippen molar-refractivity contribution in [3.05, 3.63) is 69.8 Å². The van der Waals surface area contributed by atoms with Gasteiger partial charge in [-0.3, -0.25) is 14.9 Å². The van der Waals surface area contributed by atoms with Gasteiger partial charge in [0.05, 0.1) is 4.92 Å². The Morgan fingerprint density at radius 3 is 2.35 bits per heavy atom. The smallest absolute Gasteiger partial charge is 0.305 e. The maximum Gasteiger partial charge on any atom is 0.305 e. The van der Waals surface area contributed by atoms with Crippen molar-refractivity contribution in [2.75, 3.05) is 5.32 Å². The van der Waals surface area contributed by atoms with E-state index in [1.54, 1.807) is 0 Å². The lowest BCUT2D eigenvalue weighted by Crippen LogP contribution is -2.12. The number of carbonyl (C=O) groups is 1. The van der Waals surface area contributed by atoms with Gasteiger partial charge >= 0.3 is 5.69 Å². The second-order valence-corrected chi connectivity index (χ2v) is 3.88. The fourth-order valence-electron chi connectivity index (χ4n) is 1.53. The highest BCUT2D eigenvalue weighted by molar-refractivity contribution is 6.04. The summed E-state index contributed by atoms with van der Waals surface area (Å²) in [6.45, 7) is 0. The molecule has 0 saturated carbocycles. The van der Waals surface area contributed by atoms with E-state index in [4.69, 9.17) is 0 Å². The van der Waals surface area contributed by atoms with Crippen LogP contribution in [0.25, 0.3) is 0 Å². The van der Waals surface area contributed by atoms with Gasteiger partial charge in [-0.15, -0.1) is 0 Å². The van der Waals surface area contributed by atoms with Crippen LogP contribution in [0.3, 0.4) is 0 Å². The van der Waals surface area contributed by atoms with Crippen molar-refractivity contribution in [1.82, 2.24) is 0 Å². The minimum atomic E-state index is -1.02. The number of carbonyl (C=O) groups excluding carboxylic acids is 1. The third-order valence-corrected chi connectivity index (χ3v) is 2.51. The van der Waals surface area contributed by atoms with E-state index in [0.29, 0.717) is 5.69 Å². The number of rotatable bonds is 3. The Kier molecular flexibility index (Phi) is 3.69. The molecule has 1 N–H and O–H groups in total. The molecule has 102 valence electrons. The van der Waals surface area contributed by atoms with Crippen LogP contribution in [0.4, 0.5) is 20.2 Å². The third-order valence-electron chi connectivity index (χ3n) is 2.51. The van der Waals surface area contributed by atoms with E-state index in [0.717, 1.165) is 30.3 Å². The van der Waals surface area contributed by atoms with Crippen LogP contribution in [0.15, 0.2) is 42.5 Å². The first-order valence-electron chi connectivity index (χ1n) is 5.48. The van der Waals surface area contributed by atoms with Crippen molar-refractivity contribution >= 4 is 17.3 Å². The van der Waals surface area contributed by atoms with Crippen molar-refractivity contribution in [3.63, 3.8) is 0 Å². The zero-order chi connectivity index (χ0) is 14.7. The van der Waals surface area contributed by atoms with Gasteiger partial charge < -0.3 is 5.32 Å². The molecule has 0 fully saturated rings. The molecule has 0 aliphatic carbocycles. The van der Waals surface area contributed by atoms with Gasteiger partial charge in [0, 0.05) is 17.3 Å². The molecular formula is C13H8F2N2O3. The Morgan fingerprint density at radius 1 is 1.10 bits per heavy atom. The van der Waals surface area contributed by atoms with Gasteiger partial charge in [-0.25, -0.2) is 4.39 Å². The molecule has 2 aromatic carbocycles. The van der Waals surface area contributed by atoms with E-state index in [2.05, 4.69) is 5.32 Å². The van der Waals surface area contributed by atoms with E-state index >= 15 is 0 Å². The first-order chi connectivity index (χ1) is 9.47. The van der Waals surface area contributed by atoms with E-state index in [9.17, 15) is 23.7 Å². The van der Waals surface area contributed by atoms with Crippen LogP contribution in [0, 0.1) is 21.7 Å². The standard InChI is InChI=1S/C13H8F2N2O3/c14-9-2-4-10(5-3-9)16-13(18)8-1-6-11(15)12(7-8)17(19)20/h1-7H,(H,16,18). The second kappa shape index (κ2) is 5.43. The maximum absolute atomic E-state index is 13.1. The Morgan fingerprint density at radius 2 is 1.75 bits per heavy atom. The van der Waals surface area contributed by atoms with Crippen LogP contribution in [0.5, 0.6) is 0 Å². The number of amides is 1. The molecule has 20 heavy (non-hydrogen) atoms. The molecule has 0 unspecified atom stereocenters. The molecule has 0 aromatic heterocycles. The molecule has 7 heteroatoms. The molecule has 0 bridgehead atoms. The number of nitrogens with one attached hydrogen (secondary N) is 1. The summed E-state index contributed by atoms with van der Waals surface area (Å²) in [6, 6.07) is 7.80. The highest BCUT2D eigenvalue weighted by atomic mass is 19.1. The van der Waals surface area contributed by atoms with Gasteiger partial charge in [-0.05, 0) is 36.4 Å². The summed E-state index contributed by atoms with van der Waals surface area (Å²) in [5.41, 5.74) is -0.525. The van der Waals surface area contributed by atoms with E-state index in [1.165, 1.54) is 12.1 Å². The van der Waals surface area contributed by atoms with Crippen molar-refractivity contribution in [3.8, 4) is 0 Å². The number of hydrogen-bond acceptors (Lipinski definition) is 3. The number of nitro groups is 1. The van der Waals surface area contributed by atoms with Crippen LogP contribution >= 0.6 is 0 Å². The summed E-state index contributed by atoms with van der Waals surface area (Å²) in [6.07, 6.45) is 0. The minimum absolute atomic E-state index is 0.0672. The summed E-state index contributed by atoms with van der Waals surface area (Å²) in [7, 11) is 0. The molecule has 0 aliphatic rings. The molecule has 0 saturated heterocycles. The van der Waals surface area contributed by atoms with Crippen molar-refractivity contribution < 1.29 is 18.5 Å². The SMILES string of the molecule is O=C(Nc1ccc(F)cc1)c1ccc(F)c([N+](=O)[O-])c1. The molecule has 0 atom stereocenters. The fraction of sp³-hybridized carbons (Fsp3) is 0. The number of hydrogen-bond donors (Lipinski definition) is 1. The molecular weight excluding hydrogens is 270 g/mol. The molecule has 0 spiro atoms. The summed E-state index contributed by atoms with van der Waals surface area (Å²) in [5.74, 6) is -2.13. The quantitative estimate of drug-likeness (QED) is 0.692. The molecule has 0 heterocycles. The van der Waals surface area contributed by atoms with Crippen molar-refractivity contribution in [1.29, 1.82) is 0 Å². The largest absolute Gasteiger partial charge is 0.322 e. The van der Waals surface area contributed by atoms with Crippen LogP contribution in [0.1, 0.15) is 10.4 Å². The van der Waals surface area contributed by atoms with Crippen LogP contribution in [0.2, 0.25) is 0 Å². The maximum atomic E-state index is 13.1. The second-order valence-electron chi connectivity index (χ2n) is 3.88. The Labute approximate surface area is 112 Å². The number of nitro benzene ring substituents is 1. The summed E-state index contributed by atoms with van der Waals surface area (Å²) in [4.78, 5) is 21.5. The van der Waals surface area contributed by atoms with E-state index in [1.807, 2.05) is 0 Å². The fourth-order valence-corrected chi connectivity index (χ4v) is 1.53. The van der Waals surface area contributed by atoms with Gasteiger partial charge in [0.1, 0.15) is 5.82 Å². The predicted molar refractivity (Wildman–Crippen MR) is 67.4 cm³/mol. The number of benzene rings is 2. The predicted octanol–water partition coefficient (Wildman–Crippen LogP) is 3.13. The lowest BCUT2D eigenvalue weighted by Gasteiger charge is -2.05. The van der Waals surface area contributed by atoms with Gasteiger partial charge in [0.25, 0.3) is 5.91 Å². The highest BCUT2D eigenvalue weighted by Gasteiger charge is 2.17. The van der Waals surface area contributed by atoms with Crippen LogP contribution in [-0.2, 0) is 0 Å². The number of halogens is 2.